The minimum Gasteiger partial charge on any atom is -0.462 e. The van der Waals surface area contributed by atoms with Crippen molar-refractivity contribution in [2.75, 3.05) is 20.2 Å². The smallest absolute Gasteiger partial charge is 0.323 e. The van der Waals surface area contributed by atoms with Crippen molar-refractivity contribution < 1.29 is 46.1 Å². The third-order valence-corrected chi connectivity index (χ3v) is 5.69. The summed E-state index contributed by atoms with van der Waals surface area (Å²) in [7, 11) is -0.869. The van der Waals surface area contributed by atoms with Crippen LogP contribution in [0.4, 0.5) is 18.0 Å². The molecule has 0 spiro atoms. The van der Waals surface area contributed by atoms with Gasteiger partial charge in [0, 0.05) is 7.05 Å². The number of nitrogens with zero attached hydrogens (tertiary/aromatic N) is 1. The molecule has 2 amide bonds. The van der Waals surface area contributed by atoms with E-state index in [1.165, 1.54) is 13.1 Å². The zero-order valence-corrected chi connectivity index (χ0v) is 22.9. The summed E-state index contributed by atoms with van der Waals surface area (Å²) in [4.78, 5) is 35.3. The first-order chi connectivity index (χ1) is 17.5. The second kappa shape index (κ2) is 17.9. The number of urea groups is 1. The number of carbonyl (C=O) groups excluding carboxylic acids is 3. The quantitative estimate of drug-likeness (QED) is 0.0792. The fraction of sp³-hybridized carbons (Fsp3) is 0.609. The van der Waals surface area contributed by atoms with Gasteiger partial charge in [-0.15, -0.1) is 0 Å². The molecule has 1 aliphatic heterocycles. The Morgan fingerprint density at radius 1 is 1.32 bits per heavy atom. The van der Waals surface area contributed by atoms with Crippen molar-refractivity contribution in [3.8, 4) is 0 Å². The lowest BCUT2D eigenvalue weighted by molar-refractivity contribution is -0.167. The zero-order chi connectivity index (χ0) is 28.6. The lowest BCUT2D eigenvalue weighted by atomic mass is 10.0. The number of alkyl halides is 2. The van der Waals surface area contributed by atoms with Gasteiger partial charge in [0.05, 0.1) is 18.9 Å². The Hall–Kier alpha value is -2.47. The number of hydrogen-bond donors (Lipinski definition) is 2. The van der Waals surface area contributed by atoms with Crippen molar-refractivity contribution in [2.45, 2.75) is 71.8 Å². The number of rotatable bonds is 14. The first-order valence-corrected chi connectivity index (χ1v) is 12.8. The molecular weight excluding hydrogens is 518 g/mol. The molecule has 3 unspecified atom stereocenters. The average molecular weight is 556 g/mol. The number of esters is 1. The molecule has 14 heteroatoms. The van der Waals surface area contributed by atoms with Crippen molar-refractivity contribution in [1.29, 1.82) is 0 Å². The molecule has 0 bridgehead atoms. The van der Waals surface area contributed by atoms with E-state index >= 15 is 0 Å². The van der Waals surface area contributed by atoms with Crippen LogP contribution in [-0.2, 0) is 28.1 Å². The summed E-state index contributed by atoms with van der Waals surface area (Å²) in [5.41, 5.74) is -2.17. The van der Waals surface area contributed by atoms with Crippen molar-refractivity contribution in [3.05, 3.63) is 36.5 Å². The Morgan fingerprint density at radius 2 is 1.97 bits per heavy atom. The van der Waals surface area contributed by atoms with Crippen LogP contribution < -0.4 is 10.4 Å². The number of amides is 2. The largest absolute Gasteiger partial charge is 0.462 e. The predicted molar refractivity (Wildman–Crippen MR) is 133 cm³/mol. The molecule has 1 aliphatic rings. The van der Waals surface area contributed by atoms with Crippen LogP contribution in [0.25, 0.3) is 0 Å². The summed E-state index contributed by atoms with van der Waals surface area (Å²) in [5, 5.41) is 4.91. The lowest BCUT2D eigenvalue weighted by Crippen LogP contribution is -2.47. The Kier molecular flexibility index (Phi) is 16.7. The molecule has 3 atom stereocenters. The molecule has 0 aromatic heterocycles. The lowest BCUT2D eigenvalue weighted by Gasteiger charge is -2.32. The number of halogens is 3. The highest BCUT2D eigenvalue weighted by molar-refractivity contribution is 7.45. The van der Waals surface area contributed by atoms with Gasteiger partial charge in [-0.2, -0.15) is 0 Å². The van der Waals surface area contributed by atoms with Gasteiger partial charge in [0.25, 0.3) is 6.43 Å². The van der Waals surface area contributed by atoms with Gasteiger partial charge in [-0.05, 0) is 45.8 Å². The minimum absolute atomic E-state index is 0.0938. The summed E-state index contributed by atoms with van der Waals surface area (Å²) < 4.78 is 63.4. The molecule has 1 heterocycles. The number of carbonyl (C=O) groups is 3. The number of allylic oxidation sites excluding steroid dienone is 3. The Bertz CT molecular complexity index is 814. The van der Waals surface area contributed by atoms with Crippen molar-refractivity contribution >= 4 is 26.8 Å². The molecule has 0 aliphatic carbocycles. The van der Waals surface area contributed by atoms with Gasteiger partial charge >= 0.3 is 20.5 Å². The monoisotopic (exact) mass is 555 g/mol. The van der Waals surface area contributed by atoms with Gasteiger partial charge < -0.3 is 23.8 Å². The van der Waals surface area contributed by atoms with E-state index in [1.807, 2.05) is 13.8 Å². The molecular formula is C23H37F3N3O7P. The van der Waals surface area contributed by atoms with Gasteiger partial charge in [-0.25, -0.2) is 23.1 Å². The standard InChI is InChI=1S/C21H31F3N3O7P.C2H6/c1-6-16(7-2)34-35(26-10-18(29)32-14(3)4)31-13-21(19(23)24)9-8-17(33-21)27(20(30)25-5)11-15(22)12-28;1-2/h6-7,11-12,14,17,19,26H,1,8-10,13H2,2-5H3,(H,25,30);1-2H3/b15-11+,16-7+;. The summed E-state index contributed by atoms with van der Waals surface area (Å²) in [6, 6.07) is -0.863. The second-order valence-corrected chi connectivity index (χ2v) is 8.73. The zero-order valence-electron chi connectivity index (χ0n) is 22.0. The maximum Gasteiger partial charge on any atom is 0.323 e. The highest BCUT2D eigenvalue weighted by atomic mass is 31.2. The summed E-state index contributed by atoms with van der Waals surface area (Å²) >= 11 is 0. The van der Waals surface area contributed by atoms with Gasteiger partial charge in [0.2, 0.25) is 0 Å². The maximum absolute atomic E-state index is 14.1. The highest BCUT2D eigenvalue weighted by Gasteiger charge is 2.51. The fourth-order valence-corrected chi connectivity index (χ4v) is 4.03. The van der Waals surface area contributed by atoms with Crippen LogP contribution in [0.5, 0.6) is 0 Å². The van der Waals surface area contributed by atoms with E-state index in [0.29, 0.717) is 11.1 Å². The number of nitrogens with one attached hydrogen (secondary N) is 2. The molecule has 1 saturated heterocycles. The minimum atomic E-state index is -3.05. The van der Waals surface area contributed by atoms with Gasteiger partial charge in [-0.3, -0.25) is 14.5 Å². The molecule has 0 radical (unpaired) electrons. The van der Waals surface area contributed by atoms with Gasteiger partial charge in [0.1, 0.15) is 18.5 Å². The Balaban J connectivity index is 0.00000631. The van der Waals surface area contributed by atoms with Crippen molar-refractivity contribution in [2.24, 2.45) is 0 Å². The molecule has 2 N–H and O–H groups in total. The van der Waals surface area contributed by atoms with E-state index in [4.69, 9.17) is 18.5 Å². The highest BCUT2D eigenvalue weighted by Crippen LogP contribution is 2.43. The Labute approximate surface area is 217 Å². The summed E-state index contributed by atoms with van der Waals surface area (Å²) in [5.74, 6) is -1.62. The first-order valence-electron chi connectivity index (χ1n) is 11.6. The van der Waals surface area contributed by atoms with Gasteiger partial charge in [0.15, 0.2) is 17.7 Å². The topological polar surface area (TPSA) is 115 Å². The normalized spacial score (nSPS) is 20.6. The van der Waals surface area contributed by atoms with Crippen LogP contribution in [0.3, 0.4) is 0 Å². The molecule has 0 aromatic carbocycles. The van der Waals surface area contributed by atoms with Gasteiger partial charge in [-0.1, -0.05) is 20.4 Å². The number of aldehydes is 1. The van der Waals surface area contributed by atoms with Crippen molar-refractivity contribution in [1.82, 2.24) is 15.3 Å². The first kappa shape index (κ1) is 34.5. The van der Waals surface area contributed by atoms with Crippen LogP contribution in [-0.4, -0.2) is 67.7 Å². The SMILES string of the molecule is C=C/C(=C\C)OP(NCC(=O)OC(C)C)OCC1(C(F)F)CCC(N(/C=C(/F)C=O)C(=O)NC)O1.CC. The third kappa shape index (κ3) is 11.6. The Morgan fingerprint density at radius 3 is 2.46 bits per heavy atom. The van der Waals surface area contributed by atoms with Crippen LogP contribution in [0.1, 0.15) is 47.5 Å². The molecule has 1 fully saturated rings. The van der Waals surface area contributed by atoms with E-state index in [-0.39, 0.29) is 37.5 Å². The second-order valence-electron chi connectivity index (χ2n) is 7.46. The molecule has 0 saturated carbocycles. The summed E-state index contributed by atoms with van der Waals surface area (Å²) in [6.07, 6.45) is -1.69. The van der Waals surface area contributed by atoms with Crippen LogP contribution >= 0.6 is 8.53 Å². The summed E-state index contributed by atoms with van der Waals surface area (Å²) in [6.45, 7) is 11.6. The van der Waals surface area contributed by atoms with Crippen LogP contribution in [0.2, 0.25) is 0 Å². The predicted octanol–water partition coefficient (Wildman–Crippen LogP) is 4.70. The van der Waals surface area contributed by atoms with Crippen molar-refractivity contribution in [3.63, 3.8) is 0 Å². The molecule has 0 aromatic rings. The van der Waals surface area contributed by atoms with Crippen LogP contribution in [0, 0.1) is 0 Å². The van der Waals surface area contributed by atoms with E-state index in [9.17, 15) is 27.6 Å². The van der Waals surface area contributed by atoms with Crippen LogP contribution in [0.15, 0.2) is 36.5 Å². The van der Waals surface area contributed by atoms with E-state index < -0.39 is 51.2 Å². The number of ether oxygens (including phenoxy) is 2. The molecule has 37 heavy (non-hydrogen) atoms. The third-order valence-electron chi connectivity index (χ3n) is 4.54. The average Bonchev–Trinajstić information content (AvgIpc) is 3.32. The molecule has 1 rings (SSSR count). The molecule has 10 nitrogen and oxygen atoms in total. The van der Waals surface area contributed by atoms with E-state index in [0.717, 1.165) is 0 Å². The maximum atomic E-state index is 14.1. The number of hydrogen-bond acceptors (Lipinski definition) is 8. The van der Waals surface area contributed by atoms with E-state index in [2.05, 4.69) is 17.0 Å². The fourth-order valence-electron chi connectivity index (χ4n) is 2.86. The molecule has 212 valence electrons. The van der Waals surface area contributed by atoms with E-state index in [1.54, 1.807) is 26.8 Å².